The topological polar surface area (TPSA) is 66.9 Å². The Kier molecular flexibility index (Phi) is 5.22. The molecule has 0 aliphatic rings. The summed E-state index contributed by atoms with van der Waals surface area (Å²) in [5, 5.41) is 12.2. The zero-order valence-corrected chi connectivity index (χ0v) is 14.0. The van der Waals surface area contributed by atoms with Crippen LogP contribution in [0.15, 0.2) is 42.5 Å². The average molecular weight is 397 g/mol. The summed E-state index contributed by atoms with van der Waals surface area (Å²) in [6.45, 7) is 0. The van der Waals surface area contributed by atoms with Crippen molar-refractivity contribution in [1.29, 1.82) is 0 Å². The van der Waals surface area contributed by atoms with E-state index in [1.807, 2.05) is 0 Å². The number of nitrogens with one attached hydrogen (secondary N) is 2. The molecule has 0 radical (unpaired) electrons. The number of aromatic nitrogens is 2. The first-order chi connectivity index (χ1) is 12.8. The molecule has 0 saturated heterocycles. The molecule has 1 amide bonds. The van der Waals surface area contributed by atoms with Gasteiger partial charge in [0.25, 0.3) is 5.91 Å². The molecular weight excluding hydrogens is 388 g/mol. The van der Waals surface area contributed by atoms with Gasteiger partial charge < -0.3 is 10.6 Å². The van der Waals surface area contributed by atoms with E-state index in [9.17, 15) is 22.4 Å². The molecule has 5 nitrogen and oxygen atoms in total. The lowest BCUT2D eigenvalue weighted by atomic mass is 10.2. The molecule has 2 N–H and O–H groups in total. The van der Waals surface area contributed by atoms with Crippen LogP contribution in [-0.4, -0.2) is 16.1 Å². The van der Waals surface area contributed by atoms with Gasteiger partial charge in [0, 0.05) is 5.69 Å². The van der Waals surface area contributed by atoms with Crippen LogP contribution in [0.1, 0.15) is 10.5 Å². The molecule has 3 rings (SSSR count). The predicted molar refractivity (Wildman–Crippen MR) is 91.0 cm³/mol. The first-order valence-corrected chi connectivity index (χ1v) is 7.73. The lowest BCUT2D eigenvalue weighted by molar-refractivity contribution is 0.102. The summed E-state index contributed by atoms with van der Waals surface area (Å²) in [5.41, 5.74) is -0.289. The van der Waals surface area contributed by atoms with Crippen molar-refractivity contribution in [3.63, 3.8) is 0 Å². The Morgan fingerprint density at radius 2 is 1.63 bits per heavy atom. The smallest absolute Gasteiger partial charge is 0.276 e. The Hall–Kier alpha value is -3.20. The van der Waals surface area contributed by atoms with E-state index in [2.05, 4.69) is 20.8 Å². The Balaban J connectivity index is 1.72. The third-order valence-electron chi connectivity index (χ3n) is 3.37. The van der Waals surface area contributed by atoms with Gasteiger partial charge in [0.1, 0.15) is 5.82 Å². The SMILES string of the molecule is O=C(Nc1ccc(F)c(F)c1F)c1ccc(Nc2ccc(F)c(Cl)c2)nn1. The molecule has 0 spiro atoms. The zero-order valence-electron chi connectivity index (χ0n) is 13.2. The van der Waals surface area contributed by atoms with Gasteiger partial charge in [0.15, 0.2) is 29.0 Å². The first-order valence-electron chi connectivity index (χ1n) is 7.36. The molecule has 1 aromatic heterocycles. The highest BCUT2D eigenvalue weighted by Gasteiger charge is 2.17. The third kappa shape index (κ3) is 4.14. The number of rotatable bonds is 4. The number of benzene rings is 2. The minimum atomic E-state index is -1.70. The summed E-state index contributed by atoms with van der Waals surface area (Å²) in [4.78, 5) is 12.0. The van der Waals surface area contributed by atoms with Crippen molar-refractivity contribution in [3.8, 4) is 0 Å². The number of hydrogen-bond acceptors (Lipinski definition) is 4. The standard InChI is InChI=1S/C17H9ClF4N4O/c18-9-7-8(1-2-10(9)19)23-14-6-5-13(25-26-14)17(27)24-12-4-3-11(20)15(21)16(12)22/h1-7H,(H,23,26)(H,24,27). The third-order valence-corrected chi connectivity index (χ3v) is 3.66. The van der Waals surface area contributed by atoms with Gasteiger partial charge in [-0.2, -0.15) is 0 Å². The quantitative estimate of drug-likeness (QED) is 0.496. The van der Waals surface area contributed by atoms with Gasteiger partial charge in [0.2, 0.25) is 0 Å². The van der Waals surface area contributed by atoms with E-state index >= 15 is 0 Å². The van der Waals surface area contributed by atoms with Crippen molar-refractivity contribution in [2.75, 3.05) is 10.6 Å². The lowest BCUT2D eigenvalue weighted by Gasteiger charge is -2.08. The fraction of sp³-hybridized carbons (Fsp3) is 0. The van der Waals surface area contributed by atoms with Gasteiger partial charge >= 0.3 is 0 Å². The number of carbonyl (C=O) groups excluding carboxylic acids is 1. The van der Waals surface area contributed by atoms with Crippen molar-refractivity contribution in [1.82, 2.24) is 10.2 Å². The highest BCUT2D eigenvalue weighted by Crippen LogP contribution is 2.22. The van der Waals surface area contributed by atoms with Gasteiger partial charge in [-0.1, -0.05) is 11.6 Å². The molecule has 3 aromatic rings. The minimum Gasteiger partial charge on any atom is -0.339 e. The monoisotopic (exact) mass is 396 g/mol. The molecule has 0 fully saturated rings. The maximum atomic E-state index is 13.6. The fourth-order valence-corrected chi connectivity index (χ4v) is 2.23. The van der Waals surface area contributed by atoms with E-state index in [-0.39, 0.29) is 16.5 Å². The number of anilines is 3. The van der Waals surface area contributed by atoms with Crippen molar-refractivity contribution >= 4 is 34.7 Å². The molecule has 0 unspecified atom stereocenters. The molecule has 0 saturated carbocycles. The number of amides is 1. The summed E-state index contributed by atoms with van der Waals surface area (Å²) in [7, 11) is 0. The van der Waals surface area contributed by atoms with Crippen molar-refractivity contribution in [2.45, 2.75) is 0 Å². The summed E-state index contributed by atoms with van der Waals surface area (Å²) in [5.74, 6) is -5.82. The summed E-state index contributed by atoms with van der Waals surface area (Å²) in [6.07, 6.45) is 0. The van der Waals surface area contributed by atoms with Crippen LogP contribution in [0.3, 0.4) is 0 Å². The van der Waals surface area contributed by atoms with E-state index in [4.69, 9.17) is 11.6 Å². The van der Waals surface area contributed by atoms with Gasteiger partial charge in [-0.05, 0) is 42.5 Å². The normalized spacial score (nSPS) is 10.6. The van der Waals surface area contributed by atoms with Crippen LogP contribution in [0, 0.1) is 23.3 Å². The van der Waals surface area contributed by atoms with E-state index in [0.29, 0.717) is 11.8 Å². The molecule has 0 aliphatic carbocycles. The molecule has 0 bridgehead atoms. The van der Waals surface area contributed by atoms with E-state index in [1.165, 1.54) is 24.3 Å². The maximum absolute atomic E-state index is 13.6. The van der Waals surface area contributed by atoms with Crippen LogP contribution < -0.4 is 10.6 Å². The van der Waals surface area contributed by atoms with E-state index < -0.39 is 34.9 Å². The molecule has 2 aromatic carbocycles. The van der Waals surface area contributed by atoms with Crippen molar-refractivity contribution < 1.29 is 22.4 Å². The van der Waals surface area contributed by atoms with Crippen LogP contribution in [0.4, 0.5) is 34.8 Å². The maximum Gasteiger partial charge on any atom is 0.276 e. The second-order valence-corrected chi connectivity index (χ2v) is 5.64. The van der Waals surface area contributed by atoms with Gasteiger partial charge in [-0.3, -0.25) is 4.79 Å². The van der Waals surface area contributed by atoms with Gasteiger partial charge in [-0.25, -0.2) is 17.6 Å². The highest BCUT2D eigenvalue weighted by atomic mass is 35.5. The first kappa shape index (κ1) is 18.6. The second-order valence-electron chi connectivity index (χ2n) is 5.23. The molecule has 138 valence electrons. The Morgan fingerprint density at radius 3 is 2.30 bits per heavy atom. The molecule has 0 atom stereocenters. The highest BCUT2D eigenvalue weighted by molar-refractivity contribution is 6.31. The molecular formula is C17H9ClF4N4O. The van der Waals surface area contributed by atoms with Gasteiger partial charge in [0.05, 0.1) is 10.7 Å². The predicted octanol–water partition coefficient (Wildman–Crippen LogP) is 4.68. The van der Waals surface area contributed by atoms with Crippen LogP contribution in [0.25, 0.3) is 0 Å². The number of nitrogens with zero attached hydrogens (tertiary/aromatic N) is 2. The van der Waals surface area contributed by atoms with Crippen LogP contribution in [0.5, 0.6) is 0 Å². The lowest BCUT2D eigenvalue weighted by Crippen LogP contribution is -2.16. The number of halogens is 5. The fourth-order valence-electron chi connectivity index (χ4n) is 2.05. The van der Waals surface area contributed by atoms with Crippen LogP contribution in [-0.2, 0) is 0 Å². The average Bonchev–Trinajstić information content (AvgIpc) is 2.66. The largest absolute Gasteiger partial charge is 0.339 e. The Morgan fingerprint density at radius 1 is 0.889 bits per heavy atom. The van der Waals surface area contributed by atoms with Gasteiger partial charge in [-0.15, -0.1) is 10.2 Å². The van der Waals surface area contributed by atoms with E-state index in [0.717, 1.165) is 12.1 Å². The second kappa shape index (κ2) is 7.58. The molecule has 10 heteroatoms. The summed E-state index contributed by atoms with van der Waals surface area (Å²) >= 11 is 5.67. The molecule has 1 heterocycles. The van der Waals surface area contributed by atoms with Crippen LogP contribution in [0.2, 0.25) is 5.02 Å². The Bertz CT molecular complexity index is 1010. The zero-order chi connectivity index (χ0) is 19.6. The number of carbonyl (C=O) groups is 1. The van der Waals surface area contributed by atoms with Crippen molar-refractivity contribution in [3.05, 3.63) is 76.5 Å². The van der Waals surface area contributed by atoms with Crippen molar-refractivity contribution in [2.24, 2.45) is 0 Å². The Labute approximate surface area is 155 Å². The van der Waals surface area contributed by atoms with Crippen LogP contribution >= 0.6 is 11.6 Å². The number of hydrogen-bond donors (Lipinski definition) is 2. The minimum absolute atomic E-state index is 0.0856. The summed E-state index contributed by atoms with van der Waals surface area (Å²) in [6, 6.07) is 8.15. The molecule has 27 heavy (non-hydrogen) atoms. The van der Waals surface area contributed by atoms with E-state index in [1.54, 1.807) is 0 Å². The summed E-state index contributed by atoms with van der Waals surface area (Å²) < 4.78 is 52.8. The molecule has 0 aliphatic heterocycles.